The minimum absolute atomic E-state index is 0.228. The first-order valence-electron chi connectivity index (χ1n) is 5.23. The van der Waals surface area contributed by atoms with Gasteiger partial charge in [-0.05, 0) is 19.5 Å². The van der Waals surface area contributed by atoms with Gasteiger partial charge in [-0.25, -0.2) is 4.98 Å². The van der Waals surface area contributed by atoms with Crippen molar-refractivity contribution in [3.63, 3.8) is 0 Å². The van der Waals surface area contributed by atoms with Crippen LogP contribution >= 0.6 is 0 Å². The molecule has 0 aliphatic rings. The van der Waals surface area contributed by atoms with Crippen LogP contribution in [0.2, 0.25) is 0 Å². The summed E-state index contributed by atoms with van der Waals surface area (Å²) in [5.41, 5.74) is 1.75. The van der Waals surface area contributed by atoms with E-state index in [2.05, 4.69) is 10.3 Å². The van der Waals surface area contributed by atoms with Crippen molar-refractivity contribution in [1.82, 2.24) is 10.3 Å². The van der Waals surface area contributed by atoms with Gasteiger partial charge in [0.25, 0.3) is 0 Å². The van der Waals surface area contributed by atoms with Crippen molar-refractivity contribution in [3.8, 4) is 5.88 Å². The monoisotopic (exact) mass is 248 g/mol. The second-order valence-corrected chi connectivity index (χ2v) is 3.64. The summed E-state index contributed by atoms with van der Waals surface area (Å²) in [6.07, 6.45) is -5.16. The number of aryl methyl sites for hydroxylation is 1. The molecule has 0 spiro atoms. The molecule has 0 radical (unpaired) electrons. The van der Waals surface area contributed by atoms with Crippen molar-refractivity contribution in [3.05, 3.63) is 23.4 Å². The number of ether oxygens (including phenoxy) is 1. The van der Waals surface area contributed by atoms with Gasteiger partial charge < -0.3 is 10.1 Å². The second kappa shape index (κ2) is 5.86. The molecule has 0 atom stereocenters. The second-order valence-electron chi connectivity index (χ2n) is 3.64. The zero-order chi connectivity index (χ0) is 12.9. The maximum Gasteiger partial charge on any atom is 0.392 e. The molecule has 1 rings (SSSR count). The zero-order valence-corrected chi connectivity index (χ0v) is 9.77. The smallest absolute Gasteiger partial charge is 0.392 e. The van der Waals surface area contributed by atoms with Gasteiger partial charge in [-0.3, -0.25) is 0 Å². The van der Waals surface area contributed by atoms with Crippen LogP contribution in [-0.4, -0.2) is 24.8 Å². The highest BCUT2D eigenvalue weighted by Gasteiger charge is 2.26. The van der Waals surface area contributed by atoms with Gasteiger partial charge in [0.15, 0.2) is 0 Å². The molecule has 0 unspecified atom stereocenters. The Bertz CT molecular complexity index is 366. The van der Waals surface area contributed by atoms with Crippen LogP contribution in [0, 0.1) is 6.92 Å². The van der Waals surface area contributed by atoms with E-state index in [4.69, 9.17) is 4.74 Å². The molecule has 0 amide bonds. The summed E-state index contributed by atoms with van der Waals surface area (Å²) in [7, 11) is 1.81. The molecule has 0 aliphatic carbocycles. The highest BCUT2D eigenvalue weighted by atomic mass is 19.4. The van der Waals surface area contributed by atoms with Crippen LogP contribution in [0.4, 0.5) is 13.2 Å². The van der Waals surface area contributed by atoms with Gasteiger partial charge >= 0.3 is 6.18 Å². The number of halogens is 3. The Labute approximate surface area is 98.0 Å². The molecule has 96 valence electrons. The minimum Gasteiger partial charge on any atom is -0.477 e. The molecule has 17 heavy (non-hydrogen) atoms. The minimum atomic E-state index is -4.19. The summed E-state index contributed by atoms with van der Waals surface area (Å²) in [5.74, 6) is 0.228. The lowest BCUT2D eigenvalue weighted by Crippen LogP contribution is -2.14. The molecule has 1 aromatic rings. The Morgan fingerprint density at radius 3 is 2.59 bits per heavy atom. The SMILES string of the molecule is CNCc1ccc(OCCC(F)(F)F)nc1C. The maximum absolute atomic E-state index is 11.9. The van der Waals surface area contributed by atoms with Gasteiger partial charge in [0.05, 0.1) is 13.0 Å². The number of aromatic nitrogens is 1. The maximum atomic E-state index is 11.9. The lowest BCUT2D eigenvalue weighted by atomic mass is 10.2. The average Bonchev–Trinajstić information content (AvgIpc) is 2.20. The van der Waals surface area contributed by atoms with Crippen LogP contribution in [0.5, 0.6) is 5.88 Å². The predicted molar refractivity (Wildman–Crippen MR) is 57.9 cm³/mol. The Hall–Kier alpha value is -1.30. The number of pyridine rings is 1. The van der Waals surface area contributed by atoms with E-state index >= 15 is 0 Å². The Kier molecular flexibility index (Phi) is 4.74. The predicted octanol–water partition coefficient (Wildman–Crippen LogP) is 2.44. The highest BCUT2D eigenvalue weighted by molar-refractivity contribution is 5.24. The number of nitrogens with one attached hydrogen (secondary N) is 1. The molecule has 1 heterocycles. The molecule has 0 aromatic carbocycles. The molecular weight excluding hydrogens is 233 g/mol. The standard InChI is InChI=1S/C11H15F3N2O/c1-8-9(7-15-2)3-4-10(16-8)17-6-5-11(12,13)14/h3-4,15H,5-7H2,1-2H3. The largest absolute Gasteiger partial charge is 0.477 e. The van der Waals surface area contributed by atoms with Crippen molar-refractivity contribution >= 4 is 0 Å². The third-order valence-electron chi connectivity index (χ3n) is 2.17. The highest BCUT2D eigenvalue weighted by Crippen LogP contribution is 2.20. The van der Waals surface area contributed by atoms with Crippen LogP contribution < -0.4 is 10.1 Å². The summed E-state index contributed by atoms with van der Waals surface area (Å²) >= 11 is 0. The van der Waals surface area contributed by atoms with E-state index in [1.807, 2.05) is 7.05 Å². The normalized spacial score (nSPS) is 11.6. The molecule has 0 saturated carbocycles. The van der Waals surface area contributed by atoms with E-state index in [1.165, 1.54) is 0 Å². The lowest BCUT2D eigenvalue weighted by Gasteiger charge is -2.10. The van der Waals surface area contributed by atoms with E-state index < -0.39 is 19.2 Å². The van der Waals surface area contributed by atoms with Gasteiger partial charge in [-0.2, -0.15) is 13.2 Å². The van der Waals surface area contributed by atoms with E-state index in [-0.39, 0.29) is 5.88 Å². The molecular formula is C11H15F3N2O. The molecule has 6 heteroatoms. The summed E-state index contributed by atoms with van der Waals surface area (Å²) in [4.78, 5) is 4.08. The number of hydrogen-bond donors (Lipinski definition) is 1. The number of rotatable bonds is 5. The van der Waals surface area contributed by atoms with Gasteiger partial charge in [0.2, 0.25) is 5.88 Å². The van der Waals surface area contributed by atoms with Crippen LogP contribution in [-0.2, 0) is 6.54 Å². The van der Waals surface area contributed by atoms with Crippen molar-refractivity contribution in [2.45, 2.75) is 26.1 Å². The third kappa shape index (κ3) is 5.04. The fourth-order valence-corrected chi connectivity index (χ4v) is 1.30. The van der Waals surface area contributed by atoms with Gasteiger partial charge in [0.1, 0.15) is 0 Å². The Morgan fingerprint density at radius 2 is 2.06 bits per heavy atom. The molecule has 0 saturated heterocycles. The van der Waals surface area contributed by atoms with E-state index in [1.54, 1.807) is 19.1 Å². The van der Waals surface area contributed by atoms with E-state index in [9.17, 15) is 13.2 Å². The van der Waals surface area contributed by atoms with Crippen LogP contribution in [0.15, 0.2) is 12.1 Å². The Balaban J connectivity index is 2.53. The average molecular weight is 248 g/mol. The summed E-state index contributed by atoms with van der Waals surface area (Å²) in [6.45, 7) is 2.06. The fraction of sp³-hybridized carbons (Fsp3) is 0.545. The number of hydrogen-bond acceptors (Lipinski definition) is 3. The summed E-state index contributed by atoms with van der Waals surface area (Å²) in [5, 5.41) is 2.98. The van der Waals surface area contributed by atoms with Crippen molar-refractivity contribution < 1.29 is 17.9 Å². The van der Waals surface area contributed by atoms with Crippen LogP contribution in [0.1, 0.15) is 17.7 Å². The zero-order valence-electron chi connectivity index (χ0n) is 9.77. The first-order chi connectivity index (χ1) is 7.92. The van der Waals surface area contributed by atoms with Crippen LogP contribution in [0.3, 0.4) is 0 Å². The molecule has 0 fully saturated rings. The summed E-state index contributed by atoms with van der Waals surface area (Å²) in [6, 6.07) is 3.37. The molecule has 0 aliphatic heterocycles. The van der Waals surface area contributed by atoms with Gasteiger partial charge in [0, 0.05) is 18.3 Å². The van der Waals surface area contributed by atoms with Crippen molar-refractivity contribution in [2.75, 3.05) is 13.7 Å². The molecule has 1 aromatic heterocycles. The first-order valence-corrected chi connectivity index (χ1v) is 5.23. The lowest BCUT2D eigenvalue weighted by molar-refractivity contribution is -0.139. The fourth-order valence-electron chi connectivity index (χ4n) is 1.30. The van der Waals surface area contributed by atoms with E-state index in [0.717, 1.165) is 11.3 Å². The third-order valence-corrected chi connectivity index (χ3v) is 2.17. The first kappa shape index (κ1) is 13.8. The number of alkyl halides is 3. The Morgan fingerprint density at radius 1 is 1.35 bits per heavy atom. The quantitative estimate of drug-likeness (QED) is 0.869. The molecule has 3 nitrogen and oxygen atoms in total. The van der Waals surface area contributed by atoms with Crippen LogP contribution in [0.25, 0.3) is 0 Å². The summed E-state index contributed by atoms with van der Waals surface area (Å²) < 4.78 is 40.6. The topological polar surface area (TPSA) is 34.1 Å². The van der Waals surface area contributed by atoms with Crippen molar-refractivity contribution in [1.29, 1.82) is 0 Å². The molecule has 1 N–H and O–H groups in total. The number of nitrogens with zero attached hydrogens (tertiary/aromatic N) is 1. The van der Waals surface area contributed by atoms with Crippen molar-refractivity contribution in [2.24, 2.45) is 0 Å². The molecule has 0 bridgehead atoms. The van der Waals surface area contributed by atoms with E-state index in [0.29, 0.717) is 6.54 Å². The van der Waals surface area contributed by atoms with Gasteiger partial charge in [-0.15, -0.1) is 0 Å². The van der Waals surface area contributed by atoms with Gasteiger partial charge in [-0.1, -0.05) is 6.07 Å².